The molecule has 2 aromatic heterocycles. The molecular weight excluding hydrogens is 426 g/mol. The lowest BCUT2D eigenvalue weighted by Crippen LogP contribution is -2.03. The second-order valence-electron chi connectivity index (χ2n) is 8.98. The monoisotopic (exact) mass is 449 g/mol. The maximum absolute atomic E-state index is 6.40. The first-order valence-corrected chi connectivity index (χ1v) is 12.0. The number of rotatable bonds is 4. The van der Waals surface area contributed by atoms with Crippen LogP contribution in [0.25, 0.3) is 38.7 Å². The molecular formula is C33H23NO. The zero-order valence-electron chi connectivity index (χ0n) is 19.1. The van der Waals surface area contributed by atoms with Gasteiger partial charge in [-0.15, -0.1) is 0 Å². The summed E-state index contributed by atoms with van der Waals surface area (Å²) in [5, 5.41) is 3.54. The predicted molar refractivity (Wildman–Crippen MR) is 144 cm³/mol. The van der Waals surface area contributed by atoms with Crippen LogP contribution in [0.4, 0.5) is 0 Å². The minimum Gasteiger partial charge on any atom is -0.439 e. The van der Waals surface area contributed by atoms with Gasteiger partial charge in [0, 0.05) is 22.4 Å². The Morgan fingerprint density at radius 3 is 1.71 bits per heavy atom. The molecule has 2 nitrogen and oxygen atoms in total. The Morgan fingerprint density at radius 2 is 1.03 bits per heavy atom. The molecule has 7 rings (SSSR count). The van der Waals surface area contributed by atoms with Gasteiger partial charge in [0.2, 0.25) is 5.71 Å². The molecule has 0 amide bonds. The standard InChI is InChI=1S/C33H23NO/c1-3-11-23(12-4-1)31(24-13-5-2-6-14-24)25-19-21-26(22-20-25)34-29-17-9-7-15-27(29)32-28-16-8-10-18-30(28)35-33(32)34/h1-22,31H. The Morgan fingerprint density at radius 1 is 0.486 bits per heavy atom. The van der Waals surface area contributed by atoms with Gasteiger partial charge in [0.1, 0.15) is 5.58 Å². The highest BCUT2D eigenvalue weighted by atomic mass is 16.3. The van der Waals surface area contributed by atoms with Crippen LogP contribution in [0.2, 0.25) is 0 Å². The summed E-state index contributed by atoms with van der Waals surface area (Å²) in [6.45, 7) is 0. The van der Waals surface area contributed by atoms with Crippen molar-refractivity contribution >= 4 is 33.0 Å². The number of hydrogen-bond donors (Lipinski definition) is 0. The molecule has 0 radical (unpaired) electrons. The first-order chi connectivity index (χ1) is 17.4. The molecule has 0 aliphatic rings. The smallest absolute Gasteiger partial charge is 0.213 e. The topological polar surface area (TPSA) is 18.1 Å². The van der Waals surface area contributed by atoms with Gasteiger partial charge in [0.05, 0.1) is 10.9 Å². The molecule has 0 saturated carbocycles. The normalized spacial score (nSPS) is 11.7. The van der Waals surface area contributed by atoms with Crippen molar-refractivity contribution in [1.29, 1.82) is 0 Å². The van der Waals surface area contributed by atoms with Crippen molar-refractivity contribution in [2.75, 3.05) is 0 Å². The quantitative estimate of drug-likeness (QED) is 0.246. The van der Waals surface area contributed by atoms with Crippen molar-refractivity contribution in [3.8, 4) is 5.69 Å². The largest absolute Gasteiger partial charge is 0.439 e. The van der Waals surface area contributed by atoms with Gasteiger partial charge in [0.25, 0.3) is 0 Å². The second kappa shape index (κ2) is 8.03. The van der Waals surface area contributed by atoms with Crippen molar-refractivity contribution in [1.82, 2.24) is 4.57 Å². The van der Waals surface area contributed by atoms with E-state index in [1.807, 2.05) is 12.1 Å². The maximum Gasteiger partial charge on any atom is 0.213 e. The van der Waals surface area contributed by atoms with Crippen LogP contribution in [-0.2, 0) is 0 Å². The second-order valence-corrected chi connectivity index (χ2v) is 8.98. The fraction of sp³-hybridized carbons (Fsp3) is 0.0303. The molecule has 35 heavy (non-hydrogen) atoms. The first kappa shape index (κ1) is 19.9. The Bertz CT molecular complexity index is 1730. The number of nitrogens with zero attached hydrogens (tertiary/aromatic N) is 1. The van der Waals surface area contributed by atoms with Crippen LogP contribution in [-0.4, -0.2) is 4.57 Å². The van der Waals surface area contributed by atoms with Crippen molar-refractivity contribution in [2.45, 2.75) is 5.92 Å². The average molecular weight is 450 g/mol. The lowest BCUT2D eigenvalue weighted by atomic mass is 9.85. The number of aromatic nitrogens is 1. The third kappa shape index (κ3) is 3.18. The molecule has 5 aromatic carbocycles. The van der Waals surface area contributed by atoms with Crippen LogP contribution in [0.15, 0.2) is 138 Å². The molecule has 0 fully saturated rings. The molecule has 2 heteroatoms. The van der Waals surface area contributed by atoms with Crippen LogP contribution < -0.4 is 0 Å². The van der Waals surface area contributed by atoms with E-state index in [4.69, 9.17) is 4.42 Å². The molecule has 0 unspecified atom stereocenters. The van der Waals surface area contributed by atoms with Gasteiger partial charge >= 0.3 is 0 Å². The lowest BCUT2D eigenvalue weighted by Gasteiger charge is -2.19. The van der Waals surface area contributed by atoms with E-state index in [1.165, 1.54) is 27.5 Å². The third-order valence-corrected chi connectivity index (χ3v) is 6.94. The van der Waals surface area contributed by atoms with Gasteiger partial charge < -0.3 is 4.42 Å². The first-order valence-electron chi connectivity index (χ1n) is 12.0. The zero-order valence-corrected chi connectivity index (χ0v) is 19.1. The molecule has 166 valence electrons. The number of benzene rings is 5. The fourth-order valence-corrected chi connectivity index (χ4v) is 5.38. The molecule has 0 N–H and O–H groups in total. The van der Waals surface area contributed by atoms with Crippen molar-refractivity contribution in [3.63, 3.8) is 0 Å². The van der Waals surface area contributed by atoms with E-state index in [1.54, 1.807) is 0 Å². The van der Waals surface area contributed by atoms with Crippen LogP contribution in [0, 0.1) is 0 Å². The summed E-state index contributed by atoms with van der Waals surface area (Å²) >= 11 is 0. The van der Waals surface area contributed by atoms with Gasteiger partial charge in [-0.05, 0) is 41.0 Å². The molecule has 2 heterocycles. The summed E-state index contributed by atoms with van der Waals surface area (Å²) in [5.41, 5.74) is 7.91. The summed E-state index contributed by atoms with van der Waals surface area (Å²) in [4.78, 5) is 0. The van der Waals surface area contributed by atoms with E-state index in [2.05, 4.69) is 126 Å². The highest BCUT2D eigenvalue weighted by Crippen LogP contribution is 2.39. The molecule has 0 aliphatic carbocycles. The van der Waals surface area contributed by atoms with Crippen molar-refractivity contribution in [2.24, 2.45) is 0 Å². The van der Waals surface area contributed by atoms with Gasteiger partial charge in [-0.25, -0.2) is 0 Å². The fourth-order valence-electron chi connectivity index (χ4n) is 5.38. The summed E-state index contributed by atoms with van der Waals surface area (Å²) < 4.78 is 8.65. The average Bonchev–Trinajstić information content (AvgIpc) is 3.45. The van der Waals surface area contributed by atoms with E-state index >= 15 is 0 Å². The van der Waals surface area contributed by atoms with E-state index < -0.39 is 0 Å². The Labute approximate surface area is 203 Å². The third-order valence-electron chi connectivity index (χ3n) is 6.94. The van der Waals surface area contributed by atoms with Crippen molar-refractivity contribution in [3.05, 3.63) is 150 Å². The summed E-state index contributed by atoms with van der Waals surface area (Å²) in [5.74, 6) is 0.180. The van der Waals surface area contributed by atoms with E-state index in [0.29, 0.717) is 0 Å². The highest BCUT2D eigenvalue weighted by molar-refractivity contribution is 6.19. The molecule has 0 saturated heterocycles. The van der Waals surface area contributed by atoms with Crippen LogP contribution in [0.3, 0.4) is 0 Å². The van der Waals surface area contributed by atoms with Gasteiger partial charge in [-0.3, -0.25) is 4.57 Å². The number of fused-ring (bicyclic) bond motifs is 5. The minimum atomic E-state index is 0.180. The van der Waals surface area contributed by atoms with Gasteiger partial charge in [-0.1, -0.05) is 109 Å². The number of hydrogen-bond acceptors (Lipinski definition) is 1. The predicted octanol–water partition coefficient (Wildman–Crippen LogP) is 8.71. The summed E-state index contributed by atoms with van der Waals surface area (Å²) in [6.07, 6.45) is 0. The van der Waals surface area contributed by atoms with Crippen LogP contribution >= 0.6 is 0 Å². The van der Waals surface area contributed by atoms with E-state index in [-0.39, 0.29) is 5.92 Å². The maximum atomic E-state index is 6.40. The molecule has 0 spiro atoms. The summed E-state index contributed by atoms with van der Waals surface area (Å²) in [6, 6.07) is 47.2. The van der Waals surface area contributed by atoms with E-state index in [0.717, 1.165) is 27.9 Å². The number of para-hydroxylation sites is 2. The van der Waals surface area contributed by atoms with Crippen molar-refractivity contribution < 1.29 is 4.42 Å². The Balaban J connectivity index is 1.41. The van der Waals surface area contributed by atoms with Gasteiger partial charge in [-0.2, -0.15) is 0 Å². The minimum absolute atomic E-state index is 0.180. The molecule has 0 bridgehead atoms. The molecule has 7 aromatic rings. The Hall–Kier alpha value is -4.56. The lowest BCUT2D eigenvalue weighted by molar-refractivity contribution is 0.645. The van der Waals surface area contributed by atoms with E-state index in [9.17, 15) is 0 Å². The van der Waals surface area contributed by atoms with Crippen LogP contribution in [0.5, 0.6) is 0 Å². The molecule has 0 atom stereocenters. The van der Waals surface area contributed by atoms with Gasteiger partial charge in [0.15, 0.2) is 0 Å². The highest BCUT2D eigenvalue weighted by Gasteiger charge is 2.20. The molecule has 0 aliphatic heterocycles. The SMILES string of the molecule is c1ccc(C(c2ccccc2)c2ccc(-n3c4ccccc4c4c5ccccc5oc43)cc2)cc1. The van der Waals surface area contributed by atoms with Crippen LogP contribution in [0.1, 0.15) is 22.6 Å². The Kier molecular flexibility index (Phi) is 4.56. The zero-order chi connectivity index (χ0) is 23.2. The number of furan rings is 1. The summed E-state index contributed by atoms with van der Waals surface area (Å²) in [7, 11) is 0.